The quantitative estimate of drug-likeness (QED) is 0.446. The van der Waals surface area contributed by atoms with Crippen molar-refractivity contribution in [1.82, 2.24) is 0 Å². The van der Waals surface area contributed by atoms with E-state index in [0.29, 0.717) is 0 Å². The van der Waals surface area contributed by atoms with Crippen LogP contribution in [0.25, 0.3) is 0 Å². The van der Waals surface area contributed by atoms with E-state index in [9.17, 15) is 0 Å². The van der Waals surface area contributed by atoms with Crippen molar-refractivity contribution in [2.75, 3.05) is 0 Å². The molecule has 0 fully saturated rings. The van der Waals surface area contributed by atoms with Gasteiger partial charge in [-0.1, -0.05) is 0 Å². The number of hydrogen-bond acceptors (Lipinski definition) is 2. The minimum atomic E-state index is 0. The molecule has 0 aromatic carbocycles. The molecule has 0 saturated carbocycles. The first-order chi connectivity index (χ1) is 0. The largest absolute Gasteiger partial charge is 1.00 e. The molecule has 0 atom stereocenters. The second-order valence-corrected chi connectivity index (χ2v) is 0. The summed E-state index contributed by atoms with van der Waals surface area (Å²) < 4.78 is 0. The normalized spacial score (nSPS) is 0. The van der Waals surface area contributed by atoms with Gasteiger partial charge in [-0.2, -0.15) is 0 Å². The number of hydrogen-bond donors (Lipinski definition) is 0. The molecular weight excluding hydrogens is 295 g/mol. The smallest absolute Gasteiger partial charge is 0 e. The van der Waals surface area contributed by atoms with Crippen LogP contribution < -0.4 is 24.8 Å². The molecule has 0 saturated heterocycles. The first-order valence-corrected chi connectivity index (χ1v) is 0. The zero-order valence-electron chi connectivity index (χ0n) is 1.98. The van der Waals surface area contributed by atoms with Crippen LogP contribution in [-0.2, 0) is 20.1 Å². The molecular formula is H2Cl2IrO2-4. The summed E-state index contributed by atoms with van der Waals surface area (Å²) in [5.41, 5.74) is 0. The first kappa shape index (κ1) is 123. The van der Waals surface area contributed by atoms with E-state index in [2.05, 4.69) is 0 Å². The maximum atomic E-state index is 0. The molecule has 0 spiro atoms. The van der Waals surface area contributed by atoms with Crippen molar-refractivity contribution in [2.45, 2.75) is 0 Å². The third-order valence-corrected chi connectivity index (χ3v) is 0. The Morgan fingerprint density at radius 1 is 0.600 bits per heavy atom. The summed E-state index contributed by atoms with van der Waals surface area (Å²) in [7, 11) is 0. The molecule has 0 aliphatic carbocycles. The average molecular weight is 297 g/mol. The summed E-state index contributed by atoms with van der Waals surface area (Å²) in [5, 5.41) is 0. The first-order valence-electron chi connectivity index (χ1n) is 0. The predicted octanol–water partition coefficient (Wildman–Crippen LogP) is -6.35. The van der Waals surface area contributed by atoms with Crippen molar-refractivity contribution in [3.05, 3.63) is 0 Å². The molecule has 2 N–H and O–H groups in total. The fourth-order valence-corrected chi connectivity index (χ4v) is 0. The summed E-state index contributed by atoms with van der Waals surface area (Å²) in [6, 6.07) is 0. The minimum absolute atomic E-state index is 0. The standard InChI is InChI=1S/2ClH.Ir.2H2O/h2*1H;;2*1H2/p-4. The summed E-state index contributed by atoms with van der Waals surface area (Å²) >= 11 is 0. The maximum Gasteiger partial charge on any atom is 0 e. The third-order valence-electron chi connectivity index (χ3n) is 0. The van der Waals surface area contributed by atoms with E-state index in [4.69, 9.17) is 0 Å². The van der Waals surface area contributed by atoms with Crippen LogP contribution in [0.1, 0.15) is 0 Å². The van der Waals surface area contributed by atoms with Gasteiger partial charge in [-0.05, 0) is 0 Å². The van der Waals surface area contributed by atoms with E-state index >= 15 is 0 Å². The van der Waals surface area contributed by atoms with E-state index in [-0.39, 0.29) is 55.9 Å². The minimum Gasteiger partial charge on any atom is -1.00 e. The molecule has 0 heterocycles. The molecule has 0 amide bonds. The zero-order valence-corrected chi connectivity index (χ0v) is 5.89. The molecule has 0 aliphatic heterocycles. The molecule has 5 heteroatoms. The van der Waals surface area contributed by atoms with Gasteiger partial charge in [0.05, 0.1) is 0 Å². The van der Waals surface area contributed by atoms with Crippen molar-refractivity contribution in [2.24, 2.45) is 0 Å². The van der Waals surface area contributed by atoms with Gasteiger partial charge in [-0.15, -0.1) is 0 Å². The third kappa shape index (κ3) is 38.7. The van der Waals surface area contributed by atoms with Gasteiger partial charge in [0.2, 0.25) is 0 Å². The Labute approximate surface area is 56.1 Å². The molecule has 41 valence electrons. The fraction of sp³-hybridized carbons (Fsp3) is 0. The van der Waals surface area contributed by atoms with Crippen LogP contribution in [0.5, 0.6) is 0 Å². The van der Waals surface area contributed by atoms with Crippen LogP contribution in [0.3, 0.4) is 0 Å². The van der Waals surface area contributed by atoms with Gasteiger partial charge in [0, 0.05) is 20.1 Å². The van der Waals surface area contributed by atoms with Gasteiger partial charge in [-0.3, -0.25) is 0 Å². The van der Waals surface area contributed by atoms with Crippen molar-refractivity contribution >= 4 is 0 Å². The topological polar surface area (TPSA) is 60.0 Å². The van der Waals surface area contributed by atoms with Gasteiger partial charge in [0.1, 0.15) is 0 Å². The number of rotatable bonds is 0. The Morgan fingerprint density at radius 3 is 0.600 bits per heavy atom. The van der Waals surface area contributed by atoms with E-state index in [1.54, 1.807) is 0 Å². The van der Waals surface area contributed by atoms with Gasteiger partial charge in [0.15, 0.2) is 0 Å². The van der Waals surface area contributed by atoms with Crippen LogP contribution >= 0.6 is 0 Å². The van der Waals surface area contributed by atoms with Crippen LogP contribution in [0.15, 0.2) is 0 Å². The predicted molar refractivity (Wildman–Crippen MR) is 3.87 cm³/mol. The van der Waals surface area contributed by atoms with E-state index in [1.807, 2.05) is 0 Å². The molecule has 5 heavy (non-hydrogen) atoms. The van der Waals surface area contributed by atoms with Crippen LogP contribution in [0.4, 0.5) is 0 Å². The Morgan fingerprint density at radius 2 is 0.600 bits per heavy atom. The Balaban J connectivity index is 0. The molecule has 1 radical (unpaired) electrons. The van der Waals surface area contributed by atoms with E-state index in [1.165, 1.54) is 0 Å². The molecule has 2 nitrogen and oxygen atoms in total. The Hall–Kier alpha value is 1.15. The Kier molecular flexibility index (Phi) is 1660. The molecule has 0 rings (SSSR count). The zero-order chi connectivity index (χ0) is 0. The van der Waals surface area contributed by atoms with Crippen molar-refractivity contribution in [3.63, 3.8) is 0 Å². The molecule has 0 aromatic rings. The van der Waals surface area contributed by atoms with Crippen LogP contribution in [0, 0.1) is 0 Å². The molecule has 0 aliphatic rings. The SMILES string of the molecule is [Cl-].[Cl-].[Ir].[OH-].[OH-]. The van der Waals surface area contributed by atoms with Crippen molar-refractivity contribution in [3.8, 4) is 0 Å². The molecule has 0 bridgehead atoms. The maximum absolute atomic E-state index is 0. The van der Waals surface area contributed by atoms with Gasteiger partial charge < -0.3 is 35.8 Å². The fourth-order valence-electron chi connectivity index (χ4n) is 0. The second kappa shape index (κ2) is 67.1. The van der Waals surface area contributed by atoms with E-state index in [0.717, 1.165) is 0 Å². The van der Waals surface area contributed by atoms with Gasteiger partial charge >= 0.3 is 0 Å². The monoisotopic (exact) mass is 297 g/mol. The van der Waals surface area contributed by atoms with E-state index < -0.39 is 0 Å². The van der Waals surface area contributed by atoms with Crippen LogP contribution in [-0.4, -0.2) is 11.0 Å². The summed E-state index contributed by atoms with van der Waals surface area (Å²) in [6.07, 6.45) is 0. The summed E-state index contributed by atoms with van der Waals surface area (Å²) in [4.78, 5) is 0. The number of halogens is 2. The Bertz CT molecular complexity index is 7.61. The summed E-state index contributed by atoms with van der Waals surface area (Å²) in [5.74, 6) is 0. The van der Waals surface area contributed by atoms with Gasteiger partial charge in [-0.25, -0.2) is 0 Å². The second-order valence-electron chi connectivity index (χ2n) is 0. The molecule has 0 aromatic heterocycles. The van der Waals surface area contributed by atoms with Gasteiger partial charge in [0.25, 0.3) is 0 Å². The molecule has 0 unspecified atom stereocenters. The average Bonchev–Trinajstić information content (AvgIpc) is 0. The van der Waals surface area contributed by atoms with Crippen molar-refractivity contribution in [1.29, 1.82) is 0 Å². The summed E-state index contributed by atoms with van der Waals surface area (Å²) in [6.45, 7) is 0. The van der Waals surface area contributed by atoms with Crippen LogP contribution in [0.2, 0.25) is 0 Å². The van der Waals surface area contributed by atoms with Crippen molar-refractivity contribution < 1.29 is 55.9 Å².